The van der Waals surface area contributed by atoms with Gasteiger partial charge in [-0.2, -0.15) is 0 Å². The van der Waals surface area contributed by atoms with Crippen LogP contribution in [0.15, 0.2) is 41.2 Å². The van der Waals surface area contributed by atoms with Gasteiger partial charge in [-0.15, -0.1) is 0 Å². The van der Waals surface area contributed by atoms with Crippen molar-refractivity contribution in [1.82, 2.24) is 19.4 Å². The topological polar surface area (TPSA) is 53.9 Å². The van der Waals surface area contributed by atoms with Crippen molar-refractivity contribution in [3.8, 4) is 11.4 Å². The minimum atomic E-state index is 0.0674. The molecule has 3 heterocycles. The zero-order valence-electron chi connectivity index (χ0n) is 14.1. The molecule has 0 saturated carbocycles. The highest BCUT2D eigenvalue weighted by atomic mass is 16.1. The van der Waals surface area contributed by atoms with E-state index in [2.05, 4.69) is 16.9 Å². The minimum absolute atomic E-state index is 0.0674. The molecule has 1 N–H and O–H groups in total. The third-order valence-electron chi connectivity index (χ3n) is 4.91. The predicted molar refractivity (Wildman–Crippen MR) is 96.3 cm³/mol. The smallest absolute Gasteiger partial charge is 0.263 e. The Morgan fingerprint density at radius 1 is 1.17 bits per heavy atom. The van der Waals surface area contributed by atoms with Gasteiger partial charge in [-0.1, -0.05) is 30.3 Å². The van der Waals surface area contributed by atoms with Crippen molar-refractivity contribution in [2.24, 2.45) is 0 Å². The van der Waals surface area contributed by atoms with Crippen molar-refractivity contribution in [1.29, 1.82) is 0 Å². The van der Waals surface area contributed by atoms with Gasteiger partial charge >= 0.3 is 0 Å². The molecule has 5 nitrogen and oxygen atoms in total. The van der Waals surface area contributed by atoms with Gasteiger partial charge in [-0.05, 0) is 46.0 Å². The number of fused-ring (bicyclic) bond motifs is 1. The van der Waals surface area contributed by atoms with E-state index in [0.717, 1.165) is 43.0 Å². The average molecular weight is 322 g/mol. The molecule has 2 aromatic heterocycles. The van der Waals surface area contributed by atoms with Gasteiger partial charge in [0.15, 0.2) is 0 Å². The first-order valence-corrected chi connectivity index (χ1v) is 8.49. The van der Waals surface area contributed by atoms with Crippen LogP contribution < -0.4 is 5.56 Å². The van der Waals surface area contributed by atoms with Crippen LogP contribution in [0.5, 0.6) is 0 Å². The fourth-order valence-electron chi connectivity index (χ4n) is 3.59. The third kappa shape index (κ3) is 2.55. The predicted octanol–water partition coefficient (Wildman–Crippen LogP) is 2.97. The van der Waals surface area contributed by atoms with Crippen LogP contribution in [-0.2, 0) is 0 Å². The summed E-state index contributed by atoms with van der Waals surface area (Å²) in [4.78, 5) is 23.6. The molecule has 5 heteroatoms. The summed E-state index contributed by atoms with van der Waals surface area (Å²) in [7, 11) is 2.13. The molecule has 0 bridgehead atoms. The second-order valence-electron chi connectivity index (χ2n) is 6.73. The molecule has 0 atom stereocenters. The van der Waals surface area contributed by atoms with Crippen molar-refractivity contribution in [3.63, 3.8) is 0 Å². The van der Waals surface area contributed by atoms with E-state index in [1.165, 1.54) is 0 Å². The molecule has 0 spiro atoms. The Morgan fingerprint density at radius 2 is 1.88 bits per heavy atom. The summed E-state index contributed by atoms with van der Waals surface area (Å²) < 4.78 is 1.93. The number of aromatic nitrogens is 3. The van der Waals surface area contributed by atoms with Crippen molar-refractivity contribution < 1.29 is 0 Å². The summed E-state index contributed by atoms with van der Waals surface area (Å²) in [5.41, 5.74) is 2.70. The van der Waals surface area contributed by atoms with Gasteiger partial charge in [0.25, 0.3) is 5.56 Å². The quantitative estimate of drug-likeness (QED) is 0.789. The van der Waals surface area contributed by atoms with Gasteiger partial charge < -0.3 is 9.88 Å². The summed E-state index contributed by atoms with van der Waals surface area (Å²) in [6.07, 6.45) is 1.96. The molecular formula is C19H22N4O. The van der Waals surface area contributed by atoms with Crippen LogP contribution >= 0.6 is 0 Å². The maximum Gasteiger partial charge on any atom is 0.263 e. The highest BCUT2D eigenvalue weighted by Crippen LogP contribution is 2.27. The van der Waals surface area contributed by atoms with E-state index in [4.69, 9.17) is 4.98 Å². The van der Waals surface area contributed by atoms with Crippen LogP contribution in [0.3, 0.4) is 0 Å². The second kappa shape index (κ2) is 5.91. The van der Waals surface area contributed by atoms with Crippen molar-refractivity contribution >= 4 is 11.0 Å². The maximum absolute atomic E-state index is 13.2. The second-order valence-corrected chi connectivity index (χ2v) is 6.73. The molecule has 1 fully saturated rings. The first-order valence-electron chi connectivity index (χ1n) is 8.49. The largest absolute Gasteiger partial charge is 0.343 e. The van der Waals surface area contributed by atoms with Gasteiger partial charge in [0, 0.05) is 17.3 Å². The Hall–Kier alpha value is -2.40. The lowest BCUT2D eigenvalue weighted by molar-refractivity contribution is 0.219. The van der Waals surface area contributed by atoms with E-state index >= 15 is 0 Å². The van der Waals surface area contributed by atoms with Crippen molar-refractivity contribution in [2.45, 2.75) is 25.8 Å². The van der Waals surface area contributed by atoms with Gasteiger partial charge in [0.05, 0.1) is 5.39 Å². The van der Waals surface area contributed by atoms with Crippen molar-refractivity contribution in [3.05, 3.63) is 52.4 Å². The van der Waals surface area contributed by atoms with Gasteiger partial charge in [-0.25, -0.2) is 4.98 Å². The van der Waals surface area contributed by atoms with Crippen LogP contribution in [0.25, 0.3) is 22.4 Å². The Labute approximate surface area is 140 Å². The molecule has 0 amide bonds. The Morgan fingerprint density at radius 3 is 2.58 bits per heavy atom. The number of hydrogen-bond acceptors (Lipinski definition) is 3. The van der Waals surface area contributed by atoms with E-state index in [-0.39, 0.29) is 11.6 Å². The number of aryl methyl sites for hydroxylation is 1. The maximum atomic E-state index is 13.2. The van der Waals surface area contributed by atoms with Gasteiger partial charge in [0.1, 0.15) is 11.5 Å². The standard InChI is InChI=1S/C19H22N4O/c1-13-12-16-17(20-13)21-18(14-6-4-3-5-7-14)23(19(16)24)15-8-10-22(2)11-9-15/h3-7,12,15,20H,8-11H2,1-2H3. The lowest BCUT2D eigenvalue weighted by Crippen LogP contribution is -2.36. The first-order chi connectivity index (χ1) is 11.6. The van der Waals surface area contributed by atoms with Gasteiger partial charge in [-0.3, -0.25) is 9.36 Å². The van der Waals surface area contributed by atoms with Crippen LogP contribution in [0.1, 0.15) is 24.6 Å². The van der Waals surface area contributed by atoms with E-state index in [1.54, 1.807) is 0 Å². The molecule has 24 heavy (non-hydrogen) atoms. The Balaban J connectivity index is 1.95. The van der Waals surface area contributed by atoms with Crippen LogP contribution in [0.4, 0.5) is 0 Å². The Kier molecular flexibility index (Phi) is 3.73. The van der Waals surface area contributed by atoms with E-state index in [1.807, 2.05) is 47.9 Å². The molecular weight excluding hydrogens is 300 g/mol. The van der Waals surface area contributed by atoms with Gasteiger partial charge in [0.2, 0.25) is 0 Å². The molecule has 0 radical (unpaired) electrons. The summed E-state index contributed by atoms with van der Waals surface area (Å²) >= 11 is 0. The average Bonchev–Trinajstić information content (AvgIpc) is 2.97. The number of nitrogens with one attached hydrogen (secondary N) is 1. The number of aromatic amines is 1. The molecule has 1 aliphatic rings. The number of likely N-dealkylation sites (tertiary alicyclic amines) is 1. The fourth-order valence-corrected chi connectivity index (χ4v) is 3.59. The summed E-state index contributed by atoms with van der Waals surface area (Å²) in [5.74, 6) is 0.768. The number of piperidine rings is 1. The van der Waals surface area contributed by atoms with Crippen LogP contribution in [-0.4, -0.2) is 39.6 Å². The zero-order chi connectivity index (χ0) is 16.7. The molecule has 1 aromatic carbocycles. The molecule has 0 unspecified atom stereocenters. The zero-order valence-corrected chi connectivity index (χ0v) is 14.1. The normalized spacial score (nSPS) is 16.8. The summed E-state index contributed by atoms with van der Waals surface area (Å²) in [6.45, 7) is 3.98. The van der Waals surface area contributed by atoms with E-state index in [9.17, 15) is 4.79 Å². The lowest BCUT2D eigenvalue weighted by atomic mass is 10.0. The van der Waals surface area contributed by atoms with E-state index < -0.39 is 0 Å². The molecule has 0 aliphatic carbocycles. The highest BCUT2D eigenvalue weighted by Gasteiger charge is 2.24. The van der Waals surface area contributed by atoms with E-state index in [0.29, 0.717) is 11.0 Å². The molecule has 124 valence electrons. The Bertz CT molecular complexity index is 918. The first kappa shape index (κ1) is 15.1. The molecule has 1 saturated heterocycles. The number of benzene rings is 1. The minimum Gasteiger partial charge on any atom is -0.343 e. The lowest BCUT2D eigenvalue weighted by Gasteiger charge is -2.31. The number of hydrogen-bond donors (Lipinski definition) is 1. The van der Waals surface area contributed by atoms with Crippen LogP contribution in [0.2, 0.25) is 0 Å². The molecule has 4 rings (SSSR count). The molecule has 3 aromatic rings. The number of rotatable bonds is 2. The number of nitrogens with zero attached hydrogens (tertiary/aromatic N) is 3. The number of H-pyrrole nitrogens is 1. The summed E-state index contributed by atoms with van der Waals surface area (Å²) in [6, 6.07) is 12.1. The fraction of sp³-hybridized carbons (Fsp3) is 0.368. The SMILES string of the molecule is Cc1cc2c(=O)n(C3CCN(C)CC3)c(-c3ccccc3)nc2[nH]1. The van der Waals surface area contributed by atoms with Crippen LogP contribution in [0, 0.1) is 6.92 Å². The summed E-state index contributed by atoms with van der Waals surface area (Å²) in [5, 5.41) is 0.686. The molecule has 1 aliphatic heterocycles. The monoisotopic (exact) mass is 322 g/mol. The van der Waals surface area contributed by atoms with Crippen molar-refractivity contribution in [2.75, 3.05) is 20.1 Å². The third-order valence-corrected chi connectivity index (χ3v) is 4.91. The highest BCUT2D eigenvalue weighted by molar-refractivity contribution is 5.78.